The van der Waals surface area contributed by atoms with Gasteiger partial charge in [-0.05, 0) is 11.1 Å². The van der Waals surface area contributed by atoms with Crippen LogP contribution in [0, 0.1) is 0 Å². The van der Waals surface area contributed by atoms with Gasteiger partial charge in [0.2, 0.25) is 0 Å². The van der Waals surface area contributed by atoms with Crippen LogP contribution in [0.2, 0.25) is 0 Å². The molecule has 14 heavy (non-hydrogen) atoms. The van der Waals surface area contributed by atoms with E-state index in [4.69, 9.17) is 10.5 Å². The van der Waals surface area contributed by atoms with Crippen LogP contribution in [0.3, 0.4) is 0 Å². The van der Waals surface area contributed by atoms with Crippen molar-refractivity contribution in [1.82, 2.24) is 0 Å². The third-order valence-electron chi connectivity index (χ3n) is 1.77. The fourth-order valence-corrected chi connectivity index (χ4v) is 1.06. The molecule has 0 atom stereocenters. The molecule has 0 radical (unpaired) electrons. The van der Waals surface area contributed by atoms with E-state index in [1.165, 1.54) is 0 Å². The van der Waals surface area contributed by atoms with Crippen LogP contribution >= 0.6 is 0 Å². The molecular weight excluding hydrogens is 178 g/mol. The minimum absolute atomic E-state index is 0.263. The third-order valence-corrected chi connectivity index (χ3v) is 1.77. The fraction of sp³-hybridized carbons (Fsp3) is 0.182. The molecule has 1 rings (SSSR count). The molecule has 0 heterocycles. The molecule has 3 heteroatoms. The number of carbonyl (C=O) groups is 1. The first kappa shape index (κ1) is 10.5. The van der Waals surface area contributed by atoms with Gasteiger partial charge in [0.05, 0.1) is 0 Å². The Hall–Kier alpha value is -1.61. The van der Waals surface area contributed by atoms with Crippen LogP contribution in [0.1, 0.15) is 11.1 Å². The SMILES string of the molecule is C=CC(=O)OCc1cccc(CN)c1. The lowest BCUT2D eigenvalue weighted by Crippen LogP contribution is -2.02. The molecule has 0 spiro atoms. The lowest BCUT2D eigenvalue weighted by molar-refractivity contribution is -0.138. The van der Waals surface area contributed by atoms with Crippen molar-refractivity contribution in [2.75, 3.05) is 0 Å². The second-order valence-corrected chi connectivity index (χ2v) is 2.84. The number of carbonyl (C=O) groups excluding carboxylic acids is 1. The summed E-state index contributed by atoms with van der Waals surface area (Å²) in [6, 6.07) is 7.62. The Bertz CT molecular complexity index is 334. The molecule has 0 saturated carbocycles. The Morgan fingerprint density at radius 2 is 2.21 bits per heavy atom. The van der Waals surface area contributed by atoms with E-state index in [0.29, 0.717) is 6.54 Å². The van der Waals surface area contributed by atoms with Gasteiger partial charge in [0.25, 0.3) is 0 Å². The maximum Gasteiger partial charge on any atom is 0.330 e. The average Bonchev–Trinajstić information content (AvgIpc) is 2.26. The number of benzene rings is 1. The molecule has 0 unspecified atom stereocenters. The predicted molar refractivity (Wildman–Crippen MR) is 54.3 cm³/mol. The van der Waals surface area contributed by atoms with Crippen molar-refractivity contribution in [3.63, 3.8) is 0 Å². The Kier molecular flexibility index (Phi) is 3.88. The van der Waals surface area contributed by atoms with E-state index in [1.54, 1.807) is 0 Å². The Balaban J connectivity index is 2.58. The Morgan fingerprint density at radius 1 is 1.50 bits per heavy atom. The Morgan fingerprint density at radius 3 is 2.86 bits per heavy atom. The molecule has 3 nitrogen and oxygen atoms in total. The highest BCUT2D eigenvalue weighted by molar-refractivity contribution is 5.81. The molecule has 1 aromatic carbocycles. The van der Waals surface area contributed by atoms with Gasteiger partial charge in [-0.1, -0.05) is 30.8 Å². The van der Waals surface area contributed by atoms with E-state index < -0.39 is 5.97 Å². The first-order chi connectivity index (χ1) is 6.76. The summed E-state index contributed by atoms with van der Waals surface area (Å²) in [5, 5.41) is 0. The zero-order valence-corrected chi connectivity index (χ0v) is 7.90. The van der Waals surface area contributed by atoms with E-state index in [9.17, 15) is 4.79 Å². The highest BCUT2D eigenvalue weighted by Crippen LogP contribution is 2.06. The van der Waals surface area contributed by atoms with Crippen molar-refractivity contribution in [1.29, 1.82) is 0 Å². The van der Waals surface area contributed by atoms with E-state index in [1.807, 2.05) is 24.3 Å². The summed E-state index contributed by atoms with van der Waals surface area (Å²) in [5.41, 5.74) is 7.44. The van der Waals surface area contributed by atoms with Gasteiger partial charge in [-0.3, -0.25) is 0 Å². The van der Waals surface area contributed by atoms with E-state index in [0.717, 1.165) is 17.2 Å². The van der Waals surface area contributed by atoms with Crippen molar-refractivity contribution in [2.45, 2.75) is 13.2 Å². The molecule has 0 aromatic heterocycles. The molecule has 74 valence electrons. The standard InChI is InChI=1S/C11H13NO2/c1-2-11(13)14-8-10-5-3-4-9(6-10)7-12/h2-6H,1,7-8,12H2. The molecule has 0 aliphatic rings. The predicted octanol–water partition coefficient (Wildman–Crippen LogP) is 1.37. The minimum atomic E-state index is -0.414. The topological polar surface area (TPSA) is 52.3 Å². The van der Waals surface area contributed by atoms with Crippen LogP contribution in [0.5, 0.6) is 0 Å². The molecule has 0 aliphatic carbocycles. The first-order valence-corrected chi connectivity index (χ1v) is 4.33. The number of nitrogens with two attached hydrogens (primary N) is 1. The highest BCUT2D eigenvalue weighted by atomic mass is 16.5. The summed E-state index contributed by atoms with van der Waals surface area (Å²) in [5.74, 6) is -0.414. The van der Waals surface area contributed by atoms with Crippen LogP contribution in [-0.2, 0) is 22.7 Å². The van der Waals surface area contributed by atoms with Crippen molar-refractivity contribution in [3.8, 4) is 0 Å². The zero-order chi connectivity index (χ0) is 10.4. The minimum Gasteiger partial charge on any atom is -0.458 e. The van der Waals surface area contributed by atoms with Crippen LogP contribution in [0.15, 0.2) is 36.9 Å². The number of ether oxygens (including phenoxy) is 1. The van der Waals surface area contributed by atoms with Crippen LogP contribution < -0.4 is 5.73 Å². The van der Waals surface area contributed by atoms with Gasteiger partial charge in [-0.15, -0.1) is 0 Å². The summed E-state index contributed by atoms with van der Waals surface area (Å²) < 4.78 is 4.88. The number of rotatable bonds is 4. The van der Waals surface area contributed by atoms with Gasteiger partial charge in [-0.2, -0.15) is 0 Å². The smallest absolute Gasteiger partial charge is 0.330 e. The molecule has 2 N–H and O–H groups in total. The summed E-state index contributed by atoms with van der Waals surface area (Å²) in [6.45, 7) is 4.06. The summed E-state index contributed by atoms with van der Waals surface area (Å²) >= 11 is 0. The molecule has 1 aromatic rings. The van der Waals surface area contributed by atoms with Crippen molar-refractivity contribution in [2.24, 2.45) is 5.73 Å². The lowest BCUT2D eigenvalue weighted by atomic mass is 10.1. The number of hydrogen-bond acceptors (Lipinski definition) is 3. The highest BCUT2D eigenvalue weighted by Gasteiger charge is 1.98. The number of hydrogen-bond donors (Lipinski definition) is 1. The van der Waals surface area contributed by atoms with Gasteiger partial charge >= 0.3 is 5.97 Å². The first-order valence-electron chi connectivity index (χ1n) is 4.33. The maximum atomic E-state index is 10.8. The van der Waals surface area contributed by atoms with Crippen molar-refractivity contribution in [3.05, 3.63) is 48.0 Å². The van der Waals surface area contributed by atoms with Crippen LogP contribution in [0.25, 0.3) is 0 Å². The fourth-order valence-electron chi connectivity index (χ4n) is 1.06. The van der Waals surface area contributed by atoms with Crippen molar-refractivity contribution >= 4 is 5.97 Å². The molecule has 0 fully saturated rings. The van der Waals surface area contributed by atoms with Gasteiger partial charge < -0.3 is 10.5 Å². The van der Waals surface area contributed by atoms with Gasteiger partial charge in [0.1, 0.15) is 6.61 Å². The normalized spacial score (nSPS) is 9.50. The molecule has 0 bridgehead atoms. The zero-order valence-electron chi connectivity index (χ0n) is 7.90. The van der Waals surface area contributed by atoms with Crippen LogP contribution in [0.4, 0.5) is 0 Å². The quantitative estimate of drug-likeness (QED) is 0.577. The van der Waals surface area contributed by atoms with Crippen molar-refractivity contribution < 1.29 is 9.53 Å². The van der Waals surface area contributed by atoms with Gasteiger partial charge in [0, 0.05) is 12.6 Å². The monoisotopic (exact) mass is 191 g/mol. The van der Waals surface area contributed by atoms with E-state index >= 15 is 0 Å². The largest absolute Gasteiger partial charge is 0.458 e. The molecule has 0 aliphatic heterocycles. The Labute approximate surface area is 83.2 Å². The molecule has 0 saturated heterocycles. The maximum absolute atomic E-state index is 10.8. The second-order valence-electron chi connectivity index (χ2n) is 2.84. The number of esters is 1. The molecular formula is C11H13NO2. The van der Waals surface area contributed by atoms with Gasteiger partial charge in [-0.25, -0.2) is 4.79 Å². The van der Waals surface area contributed by atoms with E-state index in [-0.39, 0.29) is 6.61 Å². The van der Waals surface area contributed by atoms with E-state index in [2.05, 4.69) is 6.58 Å². The summed E-state index contributed by atoms with van der Waals surface area (Å²) in [4.78, 5) is 10.8. The summed E-state index contributed by atoms with van der Waals surface area (Å²) in [7, 11) is 0. The second kappa shape index (κ2) is 5.19. The van der Waals surface area contributed by atoms with Gasteiger partial charge in [0.15, 0.2) is 0 Å². The third kappa shape index (κ3) is 3.03. The average molecular weight is 191 g/mol. The lowest BCUT2D eigenvalue weighted by Gasteiger charge is -2.03. The van der Waals surface area contributed by atoms with Crippen LogP contribution in [-0.4, -0.2) is 5.97 Å². The summed E-state index contributed by atoms with van der Waals surface area (Å²) in [6.07, 6.45) is 1.15. The molecule has 0 amide bonds.